The van der Waals surface area contributed by atoms with Crippen molar-refractivity contribution >= 4 is 11.5 Å². The highest BCUT2D eigenvalue weighted by atomic mass is 16.6. The molecule has 2 aromatic rings. The van der Waals surface area contributed by atoms with Crippen LogP contribution in [0.5, 0.6) is 5.75 Å². The van der Waals surface area contributed by atoms with Crippen molar-refractivity contribution in [3.8, 4) is 5.75 Å². The predicted molar refractivity (Wildman–Crippen MR) is 96.0 cm³/mol. The minimum absolute atomic E-state index is 0.0455. The Kier molecular flexibility index (Phi) is 6.43. The fourth-order valence-corrected chi connectivity index (χ4v) is 2.61. The number of ether oxygens (including phenoxy) is 1. The summed E-state index contributed by atoms with van der Waals surface area (Å²) in [4.78, 5) is 27.1. The first kappa shape index (κ1) is 19.6. The zero-order valence-electron chi connectivity index (χ0n) is 15.3. The molecule has 8 heteroatoms. The van der Waals surface area contributed by atoms with Crippen molar-refractivity contribution in [2.75, 3.05) is 6.61 Å². The lowest BCUT2D eigenvalue weighted by molar-refractivity contribution is -0.385. The van der Waals surface area contributed by atoms with Gasteiger partial charge in [-0.15, -0.1) is 0 Å². The third kappa shape index (κ3) is 5.11. The van der Waals surface area contributed by atoms with Crippen LogP contribution in [0.15, 0.2) is 36.9 Å². The molecular weight excluding hydrogens is 336 g/mol. The average molecular weight is 360 g/mol. The van der Waals surface area contributed by atoms with E-state index in [2.05, 4.69) is 10.1 Å². The molecule has 0 amide bonds. The van der Waals surface area contributed by atoms with Crippen molar-refractivity contribution < 1.29 is 14.5 Å². The van der Waals surface area contributed by atoms with Crippen LogP contribution in [0.2, 0.25) is 0 Å². The molecule has 0 saturated carbocycles. The van der Waals surface area contributed by atoms with Crippen molar-refractivity contribution in [2.24, 2.45) is 5.41 Å². The van der Waals surface area contributed by atoms with E-state index in [0.717, 1.165) is 6.42 Å². The smallest absolute Gasteiger partial charge is 0.310 e. The highest BCUT2D eigenvalue weighted by Crippen LogP contribution is 2.28. The molecule has 1 heterocycles. The molecule has 0 fully saturated rings. The third-order valence-corrected chi connectivity index (χ3v) is 3.99. The lowest BCUT2D eigenvalue weighted by Gasteiger charge is -2.24. The predicted octanol–water partition coefficient (Wildman–Crippen LogP) is 3.59. The number of hydrogen-bond donors (Lipinski definition) is 0. The van der Waals surface area contributed by atoms with Gasteiger partial charge in [0.2, 0.25) is 0 Å². The number of para-hydroxylation sites is 2. The molecule has 8 nitrogen and oxygen atoms in total. The van der Waals surface area contributed by atoms with E-state index in [4.69, 9.17) is 4.74 Å². The number of nitrogens with zero attached hydrogens (tertiary/aromatic N) is 4. The summed E-state index contributed by atoms with van der Waals surface area (Å²) in [7, 11) is 0. The first-order valence-corrected chi connectivity index (χ1v) is 8.55. The van der Waals surface area contributed by atoms with Crippen LogP contribution >= 0.6 is 0 Å². The maximum Gasteiger partial charge on any atom is 0.310 e. The number of ketones is 1. The van der Waals surface area contributed by atoms with Gasteiger partial charge in [0, 0.05) is 11.5 Å². The molecule has 0 radical (unpaired) electrons. The number of nitro groups is 1. The van der Waals surface area contributed by atoms with Gasteiger partial charge in [-0.05, 0) is 25.3 Å². The fraction of sp³-hybridized carbons (Fsp3) is 0.500. The number of unbranched alkanes of at least 4 members (excludes halogenated alkanes) is 1. The van der Waals surface area contributed by atoms with Crippen LogP contribution in [0.1, 0.15) is 46.1 Å². The van der Waals surface area contributed by atoms with Gasteiger partial charge in [-0.25, -0.2) is 9.67 Å². The molecule has 1 atom stereocenters. The first-order chi connectivity index (χ1) is 12.3. The van der Waals surface area contributed by atoms with Crippen molar-refractivity contribution in [3.63, 3.8) is 0 Å². The van der Waals surface area contributed by atoms with Crippen molar-refractivity contribution in [1.82, 2.24) is 14.8 Å². The quantitative estimate of drug-likeness (QED) is 0.385. The fourth-order valence-electron chi connectivity index (χ4n) is 2.61. The summed E-state index contributed by atoms with van der Waals surface area (Å²) in [6.45, 7) is 6.00. The van der Waals surface area contributed by atoms with Crippen LogP contribution in [-0.4, -0.2) is 32.1 Å². The minimum atomic E-state index is -0.474. The lowest BCUT2D eigenvalue weighted by Crippen LogP contribution is -2.31. The Hall–Kier alpha value is -2.77. The van der Waals surface area contributed by atoms with E-state index >= 15 is 0 Å². The highest BCUT2D eigenvalue weighted by molar-refractivity contribution is 5.87. The van der Waals surface area contributed by atoms with Gasteiger partial charge < -0.3 is 4.74 Å². The molecule has 0 aliphatic heterocycles. The molecule has 1 unspecified atom stereocenters. The van der Waals surface area contributed by atoms with Crippen LogP contribution < -0.4 is 4.74 Å². The molecule has 0 spiro atoms. The third-order valence-electron chi connectivity index (χ3n) is 3.99. The summed E-state index contributed by atoms with van der Waals surface area (Å²) < 4.78 is 7.13. The Balaban J connectivity index is 1.89. The van der Waals surface area contributed by atoms with E-state index in [-0.39, 0.29) is 23.3 Å². The van der Waals surface area contributed by atoms with Crippen LogP contribution in [0.3, 0.4) is 0 Å². The number of benzene rings is 1. The second-order valence-corrected chi connectivity index (χ2v) is 7.07. The summed E-state index contributed by atoms with van der Waals surface area (Å²) in [5, 5.41) is 15.1. The monoisotopic (exact) mass is 360 g/mol. The second kappa shape index (κ2) is 8.55. The number of rotatable bonds is 9. The van der Waals surface area contributed by atoms with Gasteiger partial charge >= 0.3 is 5.69 Å². The van der Waals surface area contributed by atoms with E-state index in [9.17, 15) is 14.9 Å². The number of carbonyl (C=O) groups excluding carboxylic acids is 1. The van der Waals surface area contributed by atoms with Crippen LogP contribution in [0, 0.1) is 15.5 Å². The second-order valence-electron chi connectivity index (χ2n) is 7.07. The number of carbonyl (C=O) groups is 1. The summed E-state index contributed by atoms with van der Waals surface area (Å²) >= 11 is 0. The van der Waals surface area contributed by atoms with E-state index in [1.54, 1.807) is 29.2 Å². The van der Waals surface area contributed by atoms with Gasteiger partial charge in [-0.1, -0.05) is 32.9 Å². The van der Waals surface area contributed by atoms with Crippen molar-refractivity contribution in [2.45, 2.75) is 46.1 Å². The zero-order chi connectivity index (χ0) is 19.2. The molecule has 2 rings (SSSR count). The normalized spacial score (nSPS) is 12.6. The Morgan fingerprint density at radius 3 is 2.65 bits per heavy atom. The molecule has 1 aromatic carbocycles. The standard InChI is InChI=1S/C18H24N4O4/c1-18(2,3)17(23)15(21-13-19-12-20-21)9-6-7-11-26-16-10-5-4-8-14(16)22(24)25/h4-5,8,10,12-13,15H,6-7,9,11H2,1-3H3. The Bertz CT molecular complexity index is 738. The Morgan fingerprint density at radius 2 is 2.04 bits per heavy atom. The van der Waals surface area contributed by atoms with Crippen molar-refractivity contribution in [1.29, 1.82) is 0 Å². The average Bonchev–Trinajstić information content (AvgIpc) is 3.11. The number of Topliss-reactive ketones (excluding diaryl/α,β-unsaturated/α-hetero) is 1. The number of hydrogen-bond acceptors (Lipinski definition) is 6. The maximum atomic E-state index is 12.7. The minimum Gasteiger partial charge on any atom is -0.487 e. The van der Waals surface area contributed by atoms with E-state index in [0.29, 0.717) is 19.4 Å². The van der Waals surface area contributed by atoms with Gasteiger partial charge in [0.05, 0.1) is 11.5 Å². The maximum absolute atomic E-state index is 12.7. The van der Waals surface area contributed by atoms with Crippen molar-refractivity contribution in [3.05, 3.63) is 47.0 Å². The van der Waals surface area contributed by atoms with Gasteiger partial charge in [0.25, 0.3) is 0 Å². The summed E-state index contributed by atoms with van der Waals surface area (Å²) in [5.41, 5.74) is -0.520. The summed E-state index contributed by atoms with van der Waals surface area (Å²) in [6, 6.07) is 5.93. The Labute approximate surface area is 152 Å². The molecule has 0 N–H and O–H groups in total. The molecule has 1 aromatic heterocycles. The molecule has 0 aliphatic carbocycles. The van der Waals surface area contributed by atoms with Crippen LogP contribution in [0.4, 0.5) is 5.69 Å². The largest absolute Gasteiger partial charge is 0.487 e. The number of nitro benzene ring substituents is 1. The number of aromatic nitrogens is 3. The zero-order valence-corrected chi connectivity index (χ0v) is 15.3. The van der Waals surface area contributed by atoms with E-state index in [1.165, 1.54) is 12.4 Å². The van der Waals surface area contributed by atoms with Crippen LogP contribution in [0.25, 0.3) is 0 Å². The topological polar surface area (TPSA) is 100 Å². The molecule has 140 valence electrons. The summed E-state index contributed by atoms with van der Waals surface area (Å²) in [5.74, 6) is 0.360. The molecular formula is C18H24N4O4. The first-order valence-electron chi connectivity index (χ1n) is 8.55. The summed E-state index contributed by atoms with van der Waals surface area (Å²) in [6.07, 6.45) is 4.99. The van der Waals surface area contributed by atoms with Crippen LogP contribution in [-0.2, 0) is 4.79 Å². The van der Waals surface area contributed by atoms with E-state index < -0.39 is 10.3 Å². The SMILES string of the molecule is CC(C)(C)C(=O)C(CCCCOc1ccccc1[N+](=O)[O-])n1cncn1. The molecule has 0 bridgehead atoms. The van der Waals surface area contributed by atoms with Gasteiger partial charge in [-0.3, -0.25) is 14.9 Å². The van der Waals surface area contributed by atoms with Gasteiger partial charge in [0.1, 0.15) is 18.7 Å². The molecule has 0 aliphatic rings. The van der Waals surface area contributed by atoms with Gasteiger partial charge in [0.15, 0.2) is 11.5 Å². The van der Waals surface area contributed by atoms with E-state index in [1.807, 2.05) is 20.8 Å². The lowest BCUT2D eigenvalue weighted by atomic mass is 9.85. The van der Waals surface area contributed by atoms with Gasteiger partial charge in [-0.2, -0.15) is 5.10 Å². The Morgan fingerprint density at radius 1 is 1.31 bits per heavy atom. The molecule has 0 saturated heterocycles. The molecule has 26 heavy (non-hydrogen) atoms. The highest BCUT2D eigenvalue weighted by Gasteiger charge is 2.31.